The van der Waals surface area contributed by atoms with Crippen LogP contribution in [0.3, 0.4) is 0 Å². The number of aromatic nitrogens is 1. The molecule has 190 valence electrons. The van der Waals surface area contributed by atoms with Crippen LogP contribution >= 0.6 is 11.3 Å². The highest BCUT2D eigenvalue weighted by molar-refractivity contribution is 7.16. The summed E-state index contributed by atoms with van der Waals surface area (Å²) in [5, 5.41) is 4.80. The Bertz CT molecular complexity index is 1450. The molecule has 2 aliphatic heterocycles. The van der Waals surface area contributed by atoms with Crippen molar-refractivity contribution in [1.29, 1.82) is 0 Å². The van der Waals surface area contributed by atoms with Crippen LogP contribution in [0, 0.1) is 5.82 Å². The quantitative estimate of drug-likeness (QED) is 0.496. The summed E-state index contributed by atoms with van der Waals surface area (Å²) >= 11 is 1.59. The summed E-state index contributed by atoms with van der Waals surface area (Å²) in [6, 6.07) is 8.43. The van der Waals surface area contributed by atoms with Gasteiger partial charge in [0.1, 0.15) is 18.0 Å². The van der Waals surface area contributed by atoms with E-state index in [4.69, 9.17) is 4.74 Å². The van der Waals surface area contributed by atoms with Gasteiger partial charge in [0.2, 0.25) is 11.8 Å². The summed E-state index contributed by atoms with van der Waals surface area (Å²) in [6.45, 7) is -0.0531. The molecule has 6 rings (SSSR count). The molecule has 0 spiro atoms. The molecule has 1 aliphatic carbocycles. The van der Waals surface area contributed by atoms with Crippen molar-refractivity contribution in [1.82, 2.24) is 20.5 Å². The number of rotatable bonds is 5. The monoisotopic (exact) mass is 522 g/mol. The molecule has 2 fully saturated rings. The van der Waals surface area contributed by atoms with Crippen LogP contribution in [0.2, 0.25) is 0 Å². The third-order valence-corrected chi connectivity index (χ3v) is 8.13. The Morgan fingerprint density at radius 2 is 2.05 bits per heavy atom. The number of fused-ring (bicyclic) bond motifs is 2. The van der Waals surface area contributed by atoms with Crippen molar-refractivity contribution < 1.29 is 28.3 Å². The molecule has 11 heteroatoms. The average Bonchev–Trinajstić information content (AvgIpc) is 3.46. The van der Waals surface area contributed by atoms with E-state index in [1.165, 1.54) is 11.0 Å². The maximum absolute atomic E-state index is 15.3. The number of thiazole rings is 1. The lowest BCUT2D eigenvalue weighted by Crippen LogP contribution is -2.52. The van der Waals surface area contributed by atoms with Gasteiger partial charge in [0.15, 0.2) is 0 Å². The second-order valence-electron chi connectivity index (χ2n) is 9.57. The van der Waals surface area contributed by atoms with E-state index >= 15 is 4.39 Å². The highest BCUT2D eigenvalue weighted by Crippen LogP contribution is 2.41. The van der Waals surface area contributed by atoms with Crippen molar-refractivity contribution in [2.75, 3.05) is 0 Å². The number of hydrogen-bond donors (Lipinski definition) is 2. The van der Waals surface area contributed by atoms with Crippen LogP contribution in [-0.2, 0) is 27.4 Å². The minimum absolute atomic E-state index is 0.0879. The fraction of sp³-hybridized carbons (Fsp3) is 0.346. The van der Waals surface area contributed by atoms with Gasteiger partial charge in [-0.1, -0.05) is 24.3 Å². The lowest BCUT2D eigenvalue weighted by Gasteiger charge is -2.35. The zero-order valence-corrected chi connectivity index (χ0v) is 20.5. The van der Waals surface area contributed by atoms with Gasteiger partial charge in [0.05, 0.1) is 21.3 Å². The van der Waals surface area contributed by atoms with E-state index in [1.54, 1.807) is 17.4 Å². The molecule has 1 atom stereocenters. The van der Waals surface area contributed by atoms with Gasteiger partial charge in [0.25, 0.3) is 5.91 Å². The van der Waals surface area contributed by atoms with Crippen LogP contribution in [0.15, 0.2) is 35.8 Å². The zero-order valence-electron chi connectivity index (χ0n) is 19.7. The first kappa shape index (κ1) is 23.5. The number of carbonyl (C=O) groups is 4. The standard InChI is InChI=1S/C26H23FN4O5S/c27-22-13(4-5-14-11-31(25(34)21(14)22)18-6-7-20(32)30-24(18)33)10-28-26(35)36-16-8-15(9-16)17-2-1-3-19-23(17)29-12-37-19/h1-5,12,15-16,18H,6-11H2,(H,28,35)(H,30,32,33)/t15?,16?,18-/m1/s1. The van der Waals surface area contributed by atoms with Crippen molar-refractivity contribution in [2.24, 2.45) is 0 Å². The number of benzene rings is 2. The molecular weight excluding hydrogens is 499 g/mol. The van der Waals surface area contributed by atoms with E-state index in [-0.39, 0.29) is 55.0 Å². The lowest BCUT2D eigenvalue weighted by molar-refractivity contribution is -0.136. The van der Waals surface area contributed by atoms with Crippen LogP contribution in [-0.4, -0.2) is 45.8 Å². The molecule has 3 heterocycles. The van der Waals surface area contributed by atoms with Gasteiger partial charge >= 0.3 is 6.09 Å². The fourth-order valence-corrected chi connectivity index (χ4v) is 6.01. The van der Waals surface area contributed by atoms with E-state index in [0.717, 1.165) is 15.8 Å². The van der Waals surface area contributed by atoms with Crippen LogP contribution < -0.4 is 10.6 Å². The fourth-order valence-electron chi connectivity index (χ4n) is 5.30. The van der Waals surface area contributed by atoms with E-state index in [0.29, 0.717) is 18.4 Å². The van der Waals surface area contributed by atoms with Crippen molar-refractivity contribution in [2.45, 2.75) is 56.8 Å². The first-order valence-corrected chi connectivity index (χ1v) is 13.0. The molecule has 1 saturated carbocycles. The highest BCUT2D eigenvalue weighted by Gasteiger charge is 2.41. The summed E-state index contributed by atoms with van der Waals surface area (Å²) in [7, 11) is 0. The Morgan fingerprint density at radius 3 is 2.86 bits per heavy atom. The van der Waals surface area contributed by atoms with E-state index < -0.39 is 29.8 Å². The van der Waals surface area contributed by atoms with Gasteiger partial charge in [-0.2, -0.15) is 0 Å². The molecule has 4 amide bonds. The number of carbonyl (C=O) groups excluding carboxylic acids is 4. The molecule has 1 saturated heterocycles. The SMILES string of the molecule is O=C1CC[C@@H](N2Cc3ccc(CNC(=O)OC4CC(c5cccc6scnc56)C4)c(F)c3C2=O)C(=O)N1. The third kappa shape index (κ3) is 4.22. The van der Waals surface area contributed by atoms with E-state index in [1.807, 2.05) is 17.6 Å². The molecule has 9 nitrogen and oxygen atoms in total. The van der Waals surface area contributed by atoms with Gasteiger partial charge in [-0.25, -0.2) is 14.2 Å². The predicted molar refractivity (Wildman–Crippen MR) is 131 cm³/mol. The first-order valence-electron chi connectivity index (χ1n) is 12.1. The summed E-state index contributed by atoms with van der Waals surface area (Å²) in [5.41, 5.74) is 4.50. The summed E-state index contributed by atoms with van der Waals surface area (Å²) in [5.74, 6) is -1.98. The normalized spacial score (nSPS) is 23.0. The topological polar surface area (TPSA) is 118 Å². The number of nitrogens with one attached hydrogen (secondary N) is 2. The number of halogens is 1. The Kier molecular flexibility index (Phi) is 5.86. The van der Waals surface area contributed by atoms with E-state index in [9.17, 15) is 19.2 Å². The van der Waals surface area contributed by atoms with Crippen molar-refractivity contribution in [3.05, 3.63) is 63.9 Å². The van der Waals surface area contributed by atoms with Crippen LogP contribution in [0.4, 0.5) is 9.18 Å². The highest BCUT2D eigenvalue weighted by atomic mass is 32.1. The number of hydrogen-bond acceptors (Lipinski definition) is 7. The molecule has 37 heavy (non-hydrogen) atoms. The van der Waals surface area contributed by atoms with Crippen LogP contribution in [0.25, 0.3) is 10.2 Å². The van der Waals surface area contributed by atoms with Gasteiger partial charge in [-0.3, -0.25) is 19.7 Å². The Labute approximate surface area is 215 Å². The summed E-state index contributed by atoms with van der Waals surface area (Å²) in [4.78, 5) is 54.7. The molecular formula is C26H23FN4O5S. The van der Waals surface area contributed by atoms with E-state index in [2.05, 4.69) is 21.7 Å². The Balaban J connectivity index is 1.04. The molecule has 3 aliphatic rings. The second kappa shape index (κ2) is 9.22. The minimum atomic E-state index is -0.817. The average molecular weight is 523 g/mol. The largest absolute Gasteiger partial charge is 0.446 e. The van der Waals surface area contributed by atoms with Gasteiger partial charge < -0.3 is 15.0 Å². The number of para-hydroxylation sites is 1. The molecule has 0 radical (unpaired) electrons. The van der Waals surface area contributed by atoms with Crippen LogP contribution in [0.1, 0.15) is 58.6 Å². The number of nitrogens with zero attached hydrogens (tertiary/aromatic N) is 2. The van der Waals surface area contributed by atoms with Gasteiger partial charge in [-0.05, 0) is 42.4 Å². The smallest absolute Gasteiger partial charge is 0.407 e. The summed E-state index contributed by atoms with van der Waals surface area (Å²) < 4.78 is 21.9. The van der Waals surface area contributed by atoms with Crippen molar-refractivity contribution in [3.63, 3.8) is 0 Å². The number of imide groups is 1. The number of alkyl carbamates (subject to hydrolysis) is 1. The maximum Gasteiger partial charge on any atom is 0.407 e. The molecule has 0 bridgehead atoms. The zero-order chi connectivity index (χ0) is 25.7. The van der Waals surface area contributed by atoms with Crippen molar-refractivity contribution >= 4 is 45.4 Å². The number of ether oxygens (including phenoxy) is 1. The number of piperidine rings is 1. The molecule has 1 aromatic heterocycles. The third-order valence-electron chi connectivity index (χ3n) is 7.33. The predicted octanol–water partition coefficient (Wildman–Crippen LogP) is 3.37. The molecule has 3 aromatic rings. The number of amides is 4. The van der Waals surface area contributed by atoms with Crippen molar-refractivity contribution in [3.8, 4) is 0 Å². The minimum Gasteiger partial charge on any atom is -0.446 e. The second-order valence-corrected chi connectivity index (χ2v) is 10.5. The first-order chi connectivity index (χ1) is 17.9. The maximum atomic E-state index is 15.3. The van der Waals surface area contributed by atoms with Crippen LogP contribution in [0.5, 0.6) is 0 Å². The molecule has 0 unspecified atom stereocenters. The Morgan fingerprint density at radius 1 is 1.22 bits per heavy atom. The van der Waals surface area contributed by atoms with Gasteiger partial charge in [0, 0.05) is 25.1 Å². The summed E-state index contributed by atoms with van der Waals surface area (Å²) in [6.07, 6.45) is 0.842. The lowest BCUT2D eigenvalue weighted by atomic mass is 9.77. The molecule has 2 N–H and O–H groups in total. The van der Waals surface area contributed by atoms with Gasteiger partial charge in [-0.15, -0.1) is 11.3 Å². The molecule has 2 aromatic carbocycles. The Hall–Kier alpha value is -3.86.